The average Bonchev–Trinajstić information content (AvgIpc) is 3.61. The van der Waals surface area contributed by atoms with E-state index in [9.17, 15) is 29.4 Å². The molecule has 0 spiro atoms. The van der Waals surface area contributed by atoms with Crippen LogP contribution < -0.4 is 5.73 Å². The Hall–Kier alpha value is -3.16. The Morgan fingerprint density at radius 1 is 1.09 bits per heavy atom. The van der Waals surface area contributed by atoms with Crippen molar-refractivity contribution in [3.8, 4) is 0 Å². The van der Waals surface area contributed by atoms with Crippen LogP contribution in [0.4, 0.5) is 0 Å². The molecule has 0 saturated carbocycles. The predicted octanol–water partition coefficient (Wildman–Crippen LogP) is 3.28. The molecule has 2 amide bonds. The van der Waals surface area contributed by atoms with Crippen LogP contribution in [0.3, 0.4) is 0 Å². The molecule has 0 aromatic carbocycles. The molecule has 320 valence electrons. The molecule has 13 atom stereocenters. The van der Waals surface area contributed by atoms with E-state index in [0.717, 1.165) is 0 Å². The number of hydrogen-bond acceptors (Lipinski definition) is 15. The van der Waals surface area contributed by atoms with E-state index in [1.54, 1.807) is 39.8 Å². The monoisotopic (exact) mass is 822 g/mol. The average molecular weight is 823 g/mol. The largest absolute Gasteiger partial charge is 0.459 e. The third-order valence-electron chi connectivity index (χ3n) is 11.4. The molecule has 0 aliphatic carbocycles. The Bertz CT molecular complexity index is 1660. The van der Waals surface area contributed by atoms with E-state index in [-0.39, 0.29) is 50.5 Å². The molecule has 0 unspecified atom stereocenters. The number of amides is 2. The Morgan fingerprint density at radius 3 is 2.37 bits per heavy atom. The third kappa shape index (κ3) is 10.9. The van der Waals surface area contributed by atoms with Gasteiger partial charge in [-0.1, -0.05) is 32.9 Å². The highest BCUT2D eigenvalue weighted by atomic mass is 32.1. The highest BCUT2D eigenvalue weighted by Gasteiger charge is 2.53. The van der Waals surface area contributed by atoms with Crippen molar-refractivity contribution in [2.24, 2.45) is 39.6 Å². The standard InChI is InChI=1S/C40H62N4O12S/c1-12-30-40(9,50)35-22(4)31(42-25(7)45)20(2)16-39(8,52-18-26(17-51-35)43-53-19-27-13-14-29(57-27)36(41)48)34(23(5)32(46)24(6)37(49)55-30)56-38-33(47)28(44(10)11)15-21(3)54-38/h13-14,20-24,28,30,33-35,38,47,50H,12,15-19H2,1-11H3,(H2,41,48)/b42-31?,43-26+/t20-,21-,22+,23+,24-,28+,30-,33-,34-,35+,38+,39-,40-/m1/s1. The summed E-state index contributed by atoms with van der Waals surface area (Å²) in [5.74, 6) is -6.00. The maximum absolute atomic E-state index is 14.4. The number of fused-ring (bicyclic) bond motifs is 5. The summed E-state index contributed by atoms with van der Waals surface area (Å²) in [7, 11) is 3.71. The zero-order valence-electron chi connectivity index (χ0n) is 35.1. The molecule has 3 fully saturated rings. The van der Waals surface area contributed by atoms with Gasteiger partial charge in [-0.25, -0.2) is 4.99 Å². The molecule has 3 saturated heterocycles. The molecule has 4 rings (SSSR count). The van der Waals surface area contributed by atoms with Crippen molar-refractivity contribution in [3.63, 3.8) is 0 Å². The zero-order valence-corrected chi connectivity index (χ0v) is 35.9. The minimum atomic E-state index is -1.87. The van der Waals surface area contributed by atoms with E-state index in [1.165, 1.54) is 32.1 Å². The smallest absolute Gasteiger partial charge is 0.316 e. The summed E-state index contributed by atoms with van der Waals surface area (Å²) >= 11 is 1.17. The van der Waals surface area contributed by atoms with Crippen molar-refractivity contribution >= 4 is 46.3 Å². The van der Waals surface area contributed by atoms with Crippen molar-refractivity contribution in [3.05, 3.63) is 21.9 Å². The minimum absolute atomic E-state index is 0.00608. The minimum Gasteiger partial charge on any atom is -0.459 e. The number of thiophene rings is 1. The Morgan fingerprint density at radius 2 is 1.77 bits per heavy atom. The molecular formula is C40H62N4O12S. The van der Waals surface area contributed by atoms with Gasteiger partial charge in [-0.3, -0.25) is 19.2 Å². The molecule has 16 nitrogen and oxygen atoms in total. The lowest BCUT2D eigenvalue weighted by molar-refractivity contribution is -0.296. The molecule has 3 aliphatic heterocycles. The second-order valence-corrected chi connectivity index (χ2v) is 17.6. The van der Waals surface area contributed by atoms with Crippen molar-refractivity contribution in [1.29, 1.82) is 0 Å². The molecule has 4 heterocycles. The Kier molecular flexibility index (Phi) is 15.7. The third-order valence-corrected chi connectivity index (χ3v) is 12.5. The molecule has 2 bridgehead atoms. The second kappa shape index (κ2) is 19.3. The number of nitrogens with zero attached hydrogens (tertiary/aromatic N) is 3. The van der Waals surface area contributed by atoms with E-state index in [2.05, 4.69) is 10.1 Å². The second-order valence-electron chi connectivity index (χ2n) is 16.4. The molecule has 1 aromatic rings. The van der Waals surface area contributed by atoms with Gasteiger partial charge in [-0.05, 0) is 79.1 Å². The van der Waals surface area contributed by atoms with Crippen molar-refractivity contribution in [1.82, 2.24) is 4.90 Å². The van der Waals surface area contributed by atoms with Gasteiger partial charge in [0, 0.05) is 35.4 Å². The van der Waals surface area contributed by atoms with Crippen LogP contribution in [0.15, 0.2) is 22.3 Å². The number of cyclic esters (lactones) is 1. The first kappa shape index (κ1) is 46.5. The van der Waals surface area contributed by atoms with Gasteiger partial charge in [0.2, 0.25) is 5.91 Å². The topological polar surface area (TPSA) is 218 Å². The number of ketones is 1. The number of aliphatic hydroxyl groups is 2. The Labute approximate surface area is 339 Å². The Balaban J connectivity index is 1.93. The molecule has 0 radical (unpaired) electrons. The van der Waals surface area contributed by atoms with Crippen LogP contribution in [0.1, 0.15) is 96.1 Å². The number of aliphatic imine (C=N–C) groups is 1. The van der Waals surface area contributed by atoms with Crippen molar-refractivity contribution in [2.75, 3.05) is 27.3 Å². The number of oxime groups is 1. The summed E-state index contributed by atoms with van der Waals surface area (Å²) in [6, 6.07) is 2.97. The first-order chi connectivity index (χ1) is 26.6. The quantitative estimate of drug-likeness (QED) is 0.195. The fraction of sp³-hybridized carbons (Fsp3) is 0.750. The van der Waals surface area contributed by atoms with Gasteiger partial charge in [0.25, 0.3) is 5.91 Å². The SMILES string of the molecule is CC[C@H]1OC(=O)[C@H](C)C(=O)[C@H](C)[C@@H](O[C@@H]2O[C@H](C)C[C@H](N(C)C)[C@H]2O)[C@@]2(C)C[C@@H](C)C(=NC(C)=O)[C@H](C)[C@H](OC/C(=N\OCc3ccc(C(N)=O)s3)CO2)[C@]1(C)O. The number of carbonyl (C=O) groups excluding carboxylic acids is 4. The van der Waals surface area contributed by atoms with E-state index in [4.69, 9.17) is 34.3 Å². The van der Waals surface area contributed by atoms with E-state index in [1.807, 2.05) is 32.8 Å². The van der Waals surface area contributed by atoms with Crippen molar-refractivity contribution in [2.45, 2.75) is 142 Å². The number of aliphatic hydroxyl groups excluding tert-OH is 1. The maximum Gasteiger partial charge on any atom is 0.316 e. The lowest BCUT2D eigenvalue weighted by Gasteiger charge is -2.47. The van der Waals surface area contributed by atoms with Crippen LogP contribution in [0, 0.1) is 23.7 Å². The summed E-state index contributed by atoms with van der Waals surface area (Å²) in [5.41, 5.74) is 2.79. The number of primary amides is 1. The summed E-state index contributed by atoms with van der Waals surface area (Å²) in [6.45, 7) is 14.5. The van der Waals surface area contributed by atoms with Gasteiger partial charge in [-0.15, -0.1) is 11.3 Å². The van der Waals surface area contributed by atoms with Crippen LogP contribution in [-0.4, -0.2) is 131 Å². The number of nitrogens with two attached hydrogens (primary N) is 1. The number of Topliss-reactive ketones (excluding diaryl/α,β-unsaturated/α-hetero) is 1. The first-order valence-electron chi connectivity index (χ1n) is 19.6. The van der Waals surface area contributed by atoms with Crippen LogP contribution in [0.2, 0.25) is 0 Å². The van der Waals surface area contributed by atoms with Gasteiger partial charge in [0.1, 0.15) is 29.4 Å². The predicted molar refractivity (Wildman–Crippen MR) is 212 cm³/mol. The molecule has 17 heteroatoms. The molecule has 3 aliphatic rings. The number of likely N-dealkylation sites (N-methyl/N-ethyl adjacent to an activating group) is 1. The maximum atomic E-state index is 14.4. The fourth-order valence-corrected chi connectivity index (χ4v) is 9.15. The number of esters is 1. The number of hydrogen-bond donors (Lipinski definition) is 3. The summed E-state index contributed by atoms with van der Waals surface area (Å²) < 4.78 is 32.2. The summed E-state index contributed by atoms with van der Waals surface area (Å²) in [5, 5.41) is 28.4. The van der Waals surface area contributed by atoms with Crippen LogP contribution in [0.25, 0.3) is 0 Å². The first-order valence-corrected chi connectivity index (χ1v) is 20.5. The van der Waals surface area contributed by atoms with E-state index in [0.29, 0.717) is 21.9 Å². The van der Waals surface area contributed by atoms with Crippen LogP contribution in [0.5, 0.6) is 0 Å². The summed E-state index contributed by atoms with van der Waals surface area (Å²) in [4.78, 5) is 65.9. The zero-order chi connectivity index (χ0) is 42.6. The lowest BCUT2D eigenvalue weighted by Crippen LogP contribution is -2.60. The van der Waals surface area contributed by atoms with Gasteiger partial charge in [0.05, 0.1) is 42.0 Å². The van der Waals surface area contributed by atoms with Gasteiger partial charge >= 0.3 is 5.97 Å². The highest BCUT2D eigenvalue weighted by Crippen LogP contribution is 2.40. The van der Waals surface area contributed by atoms with Gasteiger partial charge in [-0.2, -0.15) is 0 Å². The van der Waals surface area contributed by atoms with Gasteiger partial charge < -0.3 is 49.4 Å². The van der Waals surface area contributed by atoms with Crippen LogP contribution >= 0.6 is 11.3 Å². The molecule has 1 aromatic heterocycles. The van der Waals surface area contributed by atoms with Crippen molar-refractivity contribution < 1.29 is 57.9 Å². The number of rotatable bonds is 8. The fourth-order valence-electron chi connectivity index (χ4n) is 8.38. The molecular weight excluding hydrogens is 761 g/mol. The normalized spacial score (nSPS) is 38.9. The molecule has 4 N–H and O–H groups in total. The van der Waals surface area contributed by atoms with Crippen LogP contribution in [-0.2, 0) is 49.5 Å². The highest BCUT2D eigenvalue weighted by molar-refractivity contribution is 7.14. The summed E-state index contributed by atoms with van der Waals surface area (Å²) in [6.07, 6.45) is -5.26. The number of ether oxygens (including phenoxy) is 5. The molecule has 57 heavy (non-hydrogen) atoms. The number of carbonyl (C=O) groups is 4. The van der Waals surface area contributed by atoms with E-state index >= 15 is 0 Å². The van der Waals surface area contributed by atoms with E-state index < -0.39 is 89.1 Å². The lowest BCUT2D eigenvalue weighted by atomic mass is 9.73. The van der Waals surface area contributed by atoms with Gasteiger partial charge in [0.15, 0.2) is 18.7 Å².